The molecule has 1 heterocycles. The Labute approximate surface area is 159 Å². The van der Waals surface area contributed by atoms with E-state index in [9.17, 15) is 9.59 Å². The van der Waals surface area contributed by atoms with Crippen molar-refractivity contribution in [1.29, 1.82) is 0 Å². The third kappa shape index (κ3) is 3.58. The van der Waals surface area contributed by atoms with Gasteiger partial charge in [0.2, 0.25) is 5.91 Å². The first kappa shape index (κ1) is 18.7. The summed E-state index contributed by atoms with van der Waals surface area (Å²) < 4.78 is 0. The van der Waals surface area contributed by atoms with Crippen LogP contribution in [0, 0.1) is 27.7 Å². The molecule has 0 radical (unpaired) electrons. The smallest absolute Gasteiger partial charge is 0.256 e. The number of rotatable bonds is 4. The average molecular weight is 363 g/mol. The molecule has 0 unspecified atom stereocenters. The van der Waals surface area contributed by atoms with Gasteiger partial charge in [0, 0.05) is 23.8 Å². The molecule has 140 valence electrons. The van der Waals surface area contributed by atoms with Gasteiger partial charge in [0.15, 0.2) is 0 Å². The lowest BCUT2D eigenvalue weighted by molar-refractivity contribution is -0.116. The summed E-state index contributed by atoms with van der Waals surface area (Å²) in [6.07, 6.45) is 0. The van der Waals surface area contributed by atoms with Crippen molar-refractivity contribution in [3.05, 3.63) is 64.3 Å². The molecule has 0 aliphatic heterocycles. The highest BCUT2D eigenvalue weighted by atomic mass is 16.2. The van der Waals surface area contributed by atoms with Crippen LogP contribution in [0.25, 0.3) is 10.9 Å². The van der Waals surface area contributed by atoms with E-state index in [-0.39, 0.29) is 18.4 Å². The van der Waals surface area contributed by atoms with Crippen LogP contribution in [0.4, 0.5) is 5.69 Å². The molecule has 5 nitrogen and oxygen atoms in total. The number of anilines is 1. The number of benzene rings is 2. The standard InChI is InChI=1S/C22H25N3O2/c1-13-8-6-9-14(2)20(13)24-19(26)12-25(5)22(27)18-11-7-10-17-15(3)16(4)23-21(17)18/h6-11,23H,12H2,1-5H3,(H,24,26). The number of para-hydroxylation sites is 2. The fourth-order valence-electron chi connectivity index (χ4n) is 3.34. The van der Waals surface area contributed by atoms with Gasteiger partial charge in [-0.15, -0.1) is 0 Å². The molecule has 0 atom stereocenters. The lowest BCUT2D eigenvalue weighted by atomic mass is 10.1. The van der Waals surface area contributed by atoms with Crippen molar-refractivity contribution in [2.24, 2.45) is 0 Å². The number of hydrogen-bond donors (Lipinski definition) is 2. The molecule has 2 aromatic carbocycles. The number of likely N-dealkylation sites (N-methyl/N-ethyl adjacent to an activating group) is 1. The lowest BCUT2D eigenvalue weighted by Gasteiger charge is -2.18. The first-order valence-electron chi connectivity index (χ1n) is 8.99. The van der Waals surface area contributed by atoms with Gasteiger partial charge in [0.1, 0.15) is 0 Å². The fourth-order valence-corrected chi connectivity index (χ4v) is 3.34. The first-order valence-corrected chi connectivity index (χ1v) is 8.99. The third-order valence-electron chi connectivity index (χ3n) is 5.05. The SMILES string of the molecule is Cc1cccc(C)c1NC(=O)CN(C)C(=O)c1cccc2c(C)c(C)[nH]c12. The van der Waals surface area contributed by atoms with Crippen molar-refractivity contribution in [3.63, 3.8) is 0 Å². The minimum Gasteiger partial charge on any atom is -0.358 e. The molecule has 0 aliphatic carbocycles. The zero-order chi connectivity index (χ0) is 19.7. The number of fused-ring (bicyclic) bond motifs is 1. The van der Waals surface area contributed by atoms with Crippen LogP contribution in [0.2, 0.25) is 0 Å². The van der Waals surface area contributed by atoms with Gasteiger partial charge in [0.05, 0.1) is 17.6 Å². The first-order chi connectivity index (χ1) is 12.8. The van der Waals surface area contributed by atoms with Crippen molar-refractivity contribution in [2.75, 3.05) is 18.9 Å². The number of nitrogens with zero attached hydrogens (tertiary/aromatic N) is 1. The second-order valence-electron chi connectivity index (χ2n) is 7.08. The summed E-state index contributed by atoms with van der Waals surface area (Å²) in [5.41, 5.74) is 6.38. The summed E-state index contributed by atoms with van der Waals surface area (Å²) in [5, 5.41) is 3.96. The maximum atomic E-state index is 12.9. The van der Waals surface area contributed by atoms with Crippen molar-refractivity contribution < 1.29 is 9.59 Å². The van der Waals surface area contributed by atoms with Gasteiger partial charge in [-0.25, -0.2) is 0 Å². The van der Waals surface area contributed by atoms with Gasteiger partial charge in [0.25, 0.3) is 5.91 Å². The van der Waals surface area contributed by atoms with Crippen LogP contribution in [0.1, 0.15) is 32.7 Å². The van der Waals surface area contributed by atoms with Gasteiger partial charge >= 0.3 is 0 Å². The van der Waals surface area contributed by atoms with Crippen LogP contribution >= 0.6 is 0 Å². The van der Waals surface area contributed by atoms with Crippen molar-refractivity contribution in [1.82, 2.24) is 9.88 Å². The van der Waals surface area contributed by atoms with Crippen LogP contribution in [0.3, 0.4) is 0 Å². The Kier molecular flexibility index (Phi) is 5.04. The number of aromatic nitrogens is 1. The Morgan fingerprint density at radius 2 is 1.63 bits per heavy atom. The largest absolute Gasteiger partial charge is 0.358 e. The van der Waals surface area contributed by atoms with Crippen molar-refractivity contribution in [2.45, 2.75) is 27.7 Å². The summed E-state index contributed by atoms with van der Waals surface area (Å²) in [7, 11) is 1.65. The quantitative estimate of drug-likeness (QED) is 0.732. The van der Waals surface area contributed by atoms with E-state index in [0.29, 0.717) is 5.56 Å². The summed E-state index contributed by atoms with van der Waals surface area (Å²) >= 11 is 0. The normalized spacial score (nSPS) is 10.9. The molecular weight excluding hydrogens is 338 g/mol. The van der Waals surface area contributed by atoms with E-state index in [0.717, 1.165) is 39.0 Å². The number of aromatic amines is 1. The molecule has 3 rings (SSSR count). The molecule has 0 spiro atoms. The van der Waals surface area contributed by atoms with Crippen molar-refractivity contribution in [3.8, 4) is 0 Å². The molecule has 2 N–H and O–H groups in total. The Hall–Kier alpha value is -3.08. The maximum Gasteiger partial charge on any atom is 0.256 e. The predicted octanol–water partition coefficient (Wildman–Crippen LogP) is 4.11. The highest BCUT2D eigenvalue weighted by molar-refractivity contribution is 6.08. The van der Waals surface area contributed by atoms with E-state index in [1.807, 2.05) is 58.0 Å². The lowest BCUT2D eigenvalue weighted by Crippen LogP contribution is -2.35. The fraction of sp³-hybridized carbons (Fsp3) is 0.273. The van der Waals surface area contributed by atoms with Crippen LogP contribution in [-0.4, -0.2) is 35.3 Å². The molecule has 1 aromatic heterocycles. The van der Waals surface area contributed by atoms with Crippen LogP contribution in [0.5, 0.6) is 0 Å². The Morgan fingerprint density at radius 1 is 1.00 bits per heavy atom. The predicted molar refractivity (Wildman–Crippen MR) is 109 cm³/mol. The minimum absolute atomic E-state index is 0.0122. The van der Waals surface area contributed by atoms with E-state index in [2.05, 4.69) is 10.3 Å². The molecule has 0 fully saturated rings. The zero-order valence-electron chi connectivity index (χ0n) is 16.4. The number of amides is 2. The van der Waals surface area contributed by atoms with Gasteiger partial charge in [-0.3, -0.25) is 9.59 Å². The van der Waals surface area contributed by atoms with Gasteiger partial charge in [-0.05, 0) is 50.5 Å². The van der Waals surface area contributed by atoms with Crippen LogP contribution < -0.4 is 5.32 Å². The zero-order valence-corrected chi connectivity index (χ0v) is 16.4. The van der Waals surface area contributed by atoms with Gasteiger partial charge in [-0.1, -0.05) is 30.3 Å². The van der Waals surface area contributed by atoms with E-state index < -0.39 is 0 Å². The molecule has 27 heavy (non-hydrogen) atoms. The second-order valence-corrected chi connectivity index (χ2v) is 7.08. The molecule has 2 amide bonds. The summed E-state index contributed by atoms with van der Waals surface area (Å²) in [4.78, 5) is 30.1. The van der Waals surface area contributed by atoms with E-state index in [1.165, 1.54) is 4.90 Å². The molecule has 0 aliphatic rings. The van der Waals surface area contributed by atoms with Gasteiger partial charge < -0.3 is 15.2 Å². The summed E-state index contributed by atoms with van der Waals surface area (Å²) in [6, 6.07) is 11.5. The number of aryl methyl sites for hydroxylation is 4. The highest BCUT2D eigenvalue weighted by Gasteiger charge is 2.19. The molecule has 0 bridgehead atoms. The third-order valence-corrected chi connectivity index (χ3v) is 5.05. The summed E-state index contributed by atoms with van der Waals surface area (Å²) in [5.74, 6) is -0.396. The second kappa shape index (κ2) is 7.27. The Morgan fingerprint density at radius 3 is 2.30 bits per heavy atom. The van der Waals surface area contributed by atoms with Crippen LogP contribution in [-0.2, 0) is 4.79 Å². The Bertz CT molecular complexity index is 1010. The van der Waals surface area contributed by atoms with Gasteiger partial charge in [-0.2, -0.15) is 0 Å². The number of hydrogen-bond acceptors (Lipinski definition) is 2. The number of H-pyrrole nitrogens is 1. The van der Waals surface area contributed by atoms with E-state index in [1.54, 1.807) is 13.1 Å². The average Bonchev–Trinajstić information content (AvgIpc) is 2.92. The number of carbonyl (C=O) groups is 2. The topological polar surface area (TPSA) is 65.2 Å². The molecule has 5 heteroatoms. The molecule has 0 saturated heterocycles. The summed E-state index contributed by atoms with van der Waals surface area (Å²) in [6.45, 7) is 7.92. The van der Waals surface area contributed by atoms with E-state index in [4.69, 9.17) is 0 Å². The minimum atomic E-state index is -0.214. The number of carbonyl (C=O) groups excluding carboxylic acids is 2. The highest BCUT2D eigenvalue weighted by Crippen LogP contribution is 2.25. The van der Waals surface area contributed by atoms with Crippen LogP contribution in [0.15, 0.2) is 36.4 Å². The molecule has 0 saturated carbocycles. The van der Waals surface area contributed by atoms with Crippen molar-refractivity contribution >= 4 is 28.4 Å². The number of nitrogens with one attached hydrogen (secondary N) is 2. The van der Waals surface area contributed by atoms with E-state index >= 15 is 0 Å². The Balaban J connectivity index is 1.78. The molecule has 3 aromatic rings. The monoisotopic (exact) mass is 363 g/mol. The maximum absolute atomic E-state index is 12.9. The molecular formula is C22H25N3O2.